The molecule has 3 saturated heterocycles. The van der Waals surface area contributed by atoms with Crippen molar-refractivity contribution < 1.29 is 14.6 Å². The normalized spacial score (nSPS) is 39.8. The third-order valence-electron chi connectivity index (χ3n) is 5.31. The van der Waals surface area contributed by atoms with Crippen molar-refractivity contribution in [2.24, 2.45) is 5.92 Å². The van der Waals surface area contributed by atoms with Gasteiger partial charge in [0.05, 0.1) is 18.3 Å². The van der Waals surface area contributed by atoms with E-state index in [1.54, 1.807) is 0 Å². The fourth-order valence-electron chi connectivity index (χ4n) is 3.94. The van der Waals surface area contributed by atoms with Crippen molar-refractivity contribution in [1.82, 2.24) is 4.90 Å². The van der Waals surface area contributed by atoms with Crippen LogP contribution in [-0.4, -0.2) is 60.7 Å². The highest BCUT2D eigenvalue weighted by molar-refractivity contribution is 4.94. The van der Waals surface area contributed by atoms with Crippen LogP contribution in [0.4, 0.5) is 0 Å². The molecule has 0 aliphatic carbocycles. The Labute approximate surface area is 116 Å². The van der Waals surface area contributed by atoms with Crippen LogP contribution in [0.1, 0.15) is 39.0 Å². The molecule has 0 aromatic rings. The van der Waals surface area contributed by atoms with Crippen molar-refractivity contribution in [3.05, 3.63) is 0 Å². The molecule has 0 bridgehead atoms. The molecule has 4 heteroatoms. The fraction of sp³-hybridized carbons (Fsp3) is 1.00. The SMILES string of the molecule is CC(O)C1CCN(C2CCOC3(CCOC3)C2)CC1. The molecule has 3 heterocycles. The molecule has 110 valence electrons. The highest BCUT2D eigenvalue weighted by atomic mass is 16.6. The molecule has 1 N–H and O–H groups in total. The van der Waals surface area contributed by atoms with Gasteiger partial charge in [-0.3, -0.25) is 0 Å². The van der Waals surface area contributed by atoms with Crippen LogP contribution in [0.2, 0.25) is 0 Å². The number of ether oxygens (including phenoxy) is 2. The lowest BCUT2D eigenvalue weighted by Crippen LogP contribution is -2.51. The van der Waals surface area contributed by atoms with Gasteiger partial charge in [-0.05, 0) is 51.6 Å². The average Bonchev–Trinajstić information content (AvgIpc) is 2.87. The van der Waals surface area contributed by atoms with Crippen LogP contribution in [0.25, 0.3) is 0 Å². The monoisotopic (exact) mass is 269 g/mol. The lowest BCUT2D eigenvalue weighted by molar-refractivity contribution is -0.110. The highest BCUT2D eigenvalue weighted by Gasteiger charge is 2.43. The first kappa shape index (κ1) is 13.8. The maximum atomic E-state index is 9.69. The van der Waals surface area contributed by atoms with E-state index in [1.807, 2.05) is 6.92 Å². The predicted octanol–water partition coefficient (Wildman–Crippen LogP) is 1.42. The molecule has 1 spiro atoms. The average molecular weight is 269 g/mol. The van der Waals surface area contributed by atoms with E-state index >= 15 is 0 Å². The van der Waals surface area contributed by atoms with Gasteiger partial charge in [0, 0.05) is 25.7 Å². The largest absolute Gasteiger partial charge is 0.393 e. The number of hydrogen-bond donors (Lipinski definition) is 1. The number of piperidine rings is 1. The molecule has 19 heavy (non-hydrogen) atoms. The minimum Gasteiger partial charge on any atom is -0.393 e. The van der Waals surface area contributed by atoms with E-state index in [0.717, 1.165) is 65.0 Å². The minimum absolute atomic E-state index is 0.0179. The summed E-state index contributed by atoms with van der Waals surface area (Å²) in [6.07, 6.45) is 5.48. The van der Waals surface area contributed by atoms with Crippen LogP contribution in [-0.2, 0) is 9.47 Å². The van der Waals surface area contributed by atoms with E-state index < -0.39 is 0 Å². The van der Waals surface area contributed by atoms with Crippen molar-refractivity contribution in [2.75, 3.05) is 32.9 Å². The summed E-state index contributed by atoms with van der Waals surface area (Å²) in [5.74, 6) is 0.500. The van der Waals surface area contributed by atoms with Gasteiger partial charge in [-0.2, -0.15) is 0 Å². The molecule has 3 atom stereocenters. The van der Waals surface area contributed by atoms with Crippen molar-refractivity contribution in [1.29, 1.82) is 0 Å². The van der Waals surface area contributed by atoms with Crippen molar-refractivity contribution in [3.63, 3.8) is 0 Å². The molecule has 0 saturated carbocycles. The van der Waals surface area contributed by atoms with Crippen LogP contribution in [0.15, 0.2) is 0 Å². The third kappa shape index (κ3) is 2.97. The van der Waals surface area contributed by atoms with Gasteiger partial charge < -0.3 is 19.5 Å². The molecule has 0 aromatic carbocycles. The Morgan fingerprint density at radius 2 is 2.00 bits per heavy atom. The maximum Gasteiger partial charge on any atom is 0.0951 e. The number of aliphatic hydroxyl groups is 1. The van der Waals surface area contributed by atoms with E-state index in [-0.39, 0.29) is 11.7 Å². The maximum absolute atomic E-state index is 9.69. The second-order valence-electron chi connectivity index (χ2n) is 6.59. The lowest BCUT2D eigenvalue weighted by atomic mass is 9.86. The molecular weight excluding hydrogens is 242 g/mol. The molecule has 3 fully saturated rings. The summed E-state index contributed by atoms with van der Waals surface area (Å²) < 4.78 is 11.6. The highest BCUT2D eigenvalue weighted by Crippen LogP contribution is 2.36. The molecule has 3 aliphatic heterocycles. The number of likely N-dealkylation sites (tertiary alicyclic amines) is 1. The Kier molecular flexibility index (Phi) is 4.13. The van der Waals surface area contributed by atoms with Crippen molar-refractivity contribution in [3.8, 4) is 0 Å². The van der Waals surface area contributed by atoms with Gasteiger partial charge in [-0.25, -0.2) is 0 Å². The minimum atomic E-state index is -0.147. The first-order valence-corrected chi connectivity index (χ1v) is 7.82. The Balaban J connectivity index is 1.55. The summed E-state index contributed by atoms with van der Waals surface area (Å²) >= 11 is 0. The summed E-state index contributed by atoms with van der Waals surface area (Å²) in [5.41, 5.74) is 0.0179. The number of aliphatic hydroxyl groups excluding tert-OH is 1. The molecule has 3 aliphatic rings. The van der Waals surface area contributed by atoms with Gasteiger partial charge in [0.1, 0.15) is 0 Å². The zero-order valence-corrected chi connectivity index (χ0v) is 12.0. The van der Waals surface area contributed by atoms with Gasteiger partial charge in [0.15, 0.2) is 0 Å². The van der Waals surface area contributed by atoms with E-state index in [1.165, 1.54) is 0 Å². The first-order valence-electron chi connectivity index (χ1n) is 7.82. The van der Waals surface area contributed by atoms with Crippen LogP contribution in [0.3, 0.4) is 0 Å². The quantitative estimate of drug-likeness (QED) is 0.823. The fourth-order valence-corrected chi connectivity index (χ4v) is 3.94. The van der Waals surface area contributed by atoms with Crippen LogP contribution in [0, 0.1) is 5.92 Å². The summed E-state index contributed by atoms with van der Waals surface area (Å²) in [6.45, 7) is 6.72. The molecule has 3 unspecified atom stereocenters. The Bertz CT molecular complexity index is 294. The zero-order chi connectivity index (χ0) is 13.3. The van der Waals surface area contributed by atoms with E-state index in [2.05, 4.69) is 4.90 Å². The summed E-state index contributed by atoms with van der Waals surface area (Å²) in [6, 6.07) is 0.658. The van der Waals surface area contributed by atoms with Crippen LogP contribution in [0.5, 0.6) is 0 Å². The van der Waals surface area contributed by atoms with Gasteiger partial charge in [-0.15, -0.1) is 0 Å². The lowest BCUT2D eigenvalue weighted by Gasteiger charge is -2.44. The van der Waals surface area contributed by atoms with Gasteiger partial charge >= 0.3 is 0 Å². The predicted molar refractivity (Wildman–Crippen MR) is 73.1 cm³/mol. The van der Waals surface area contributed by atoms with E-state index in [0.29, 0.717) is 12.0 Å². The molecule has 0 radical (unpaired) electrons. The van der Waals surface area contributed by atoms with Crippen molar-refractivity contribution >= 4 is 0 Å². The van der Waals surface area contributed by atoms with Crippen LogP contribution < -0.4 is 0 Å². The first-order chi connectivity index (χ1) is 9.19. The molecule has 4 nitrogen and oxygen atoms in total. The smallest absolute Gasteiger partial charge is 0.0951 e. The van der Waals surface area contributed by atoms with Gasteiger partial charge in [0.25, 0.3) is 0 Å². The van der Waals surface area contributed by atoms with E-state index in [9.17, 15) is 5.11 Å². The Morgan fingerprint density at radius 1 is 1.21 bits per heavy atom. The number of rotatable bonds is 2. The summed E-state index contributed by atoms with van der Waals surface area (Å²) in [7, 11) is 0. The topological polar surface area (TPSA) is 41.9 Å². The standard InChI is InChI=1S/C15H27NO3/c1-12(17)13-2-6-16(7-3-13)14-4-8-19-15(10-14)5-9-18-11-15/h12-14,17H,2-11H2,1H3. The molecular formula is C15H27NO3. The van der Waals surface area contributed by atoms with E-state index in [4.69, 9.17) is 9.47 Å². The van der Waals surface area contributed by atoms with Crippen LogP contribution >= 0.6 is 0 Å². The Morgan fingerprint density at radius 3 is 2.63 bits per heavy atom. The Hall–Kier alpha value is -0.160. The summed E-state index contributed by atoms with van der Waals surface area (Å²) in [4.78, 5) is 2.63. The summed E-state index contributed by atoms with van der Waals surface area (Å²) in [5, 5.41) is 9.69. The molecule has 3 rings (SSSR count). The van der Waals surface area contributed by atoms with Crippen molar-refractivity contribution in [2.45, 2.75) is 56.8 Å². The number of nitrogens with zero attached hydrogens (tertiary/aromatic N) is 1. The second-order valence-corrected chi connectivity index (χ2v) is 6.59. The van der Waals surface area contributed by atoms with Gasteiger partial charge in [0.2, 0.25) is 0 Å². The van der Waals surface area contributed by atoms with Gasteiger partial charge in [-0.1, -0.05) is 0 Å². The molecule has 0 aromatic heterocycles. The molecule has 0 amide bonds. The second kappa shape index (κ2) is 5.68. The third-order valence-corrected chi connectivity index (χ3v) is 5.31. The number of hydrogen-bond acceptors (Lipinski definition) is 4. The zero-order valence-electron chi connectivity index (χ0n) is 12.0.